The number of rotatable bonds is 3. The van der Waals surface area contributed by atoms with E-state index in [2.05, 4.69) is 10.4 Å². The highest BCUT2D eigenvalue weighted by atomic mass is 19.4. The van der Waals surface area contributed by atoms with E-state index in [9.17, 15) is 18.0 Å². The van der Waals surface area contributed by atoms with E-state index in [-0.39, 0.29) is 12.1 Å². The minimum absolute atomic E-state index is 0.160. The summed E-state index contributed by atoms with van der Waals surface area (Å²) in [5.41, 5.74) is 1.61. The Morgan fingerprint density at radius 2 is 1.79 bits per heavy atom. The lowest BCUT2D eigenvalue weighted by Gasteiger charge is -2.24. The van der Waals surface area contributed by atoms with Crippen LogP contribution in [0.4, 0.5) is 18.0 Å². The van der Waals surface area contributed by atoms with Crippen molar-refractivity contribution in [3.8, 4) is 0 Å². The Labute approximate surface area is 140 Å². The number of nitrogens with one attached hydrogen (secondary N) is 1. The van der Waals surface area contributed by atoms with Crippen molar-refractivity contribution in [3.63, 3.8) is 0 Å². The minimum atomic E-state index is -4.32. The van der Waals surface area contributed by atoms with Crippen LogP contribution in [-0.2, 0) is 6.54 Å². The quantitative estimate of drug-likeness (QED) is 0.907. The number of amides is 2. The second kappa shape index (κ2) is 7.44. The third-order valence-electron chi connectivity index (χ3n) is 4.43. The van der Waals surface area contributed by atoms with Gasteiger partial charge in [-0.1, -0.05) is 12.8 Å². The van der Waals surface area contributed by atoms with Gasteiger partial charge in [-0.25, -0.2) is 4.79 Å². The van der Waals surface area contributed by atoms with Crippen molar-refractivity contribution in [1.82, 2.24) is 20.0 Å². The molecule has 1 fully saturated rings. The largest absolute Gasteiger partial charge is 0.408 e. The zero-order valence-corrected chi connectivity index (χ0v) is 14.4. The predicted octanol–water partition coefficient (Wildman–Crippen LogP) is 3.71. The lowest BCUT2D eigenvalue weighted by atomic mass is 10.1. The lowest BCUT2D eigenvalue weighted by Crippen LogP contribution is -2.41. The van der Waals surface area contributed by atoms with Crippen molar-refractivity contribution >= 4 is 6.03 Å². The van der Waals surface area contributed by atoms with E-state index >= 15 is 0 Å². The summed E-state index contributed by atoms with van der Waals surface area (Å²) in [4.78, 5) is 14.2. The van der Waals surface area contributed by atoms with Crippen molar-refractivity contribution in [2.75, 3.05) is 13.1 Å². The number of aromatic nitrogens is 2. The van der Waals surface area contributed by atoms with Gasteiger partial charge in [0.1, 0.15) is 6.54 Å². The molecule has 0 saturated carbocycles. The third-order valence-corrected chi connectivity index (χ3v) is 4.43. The van der Waals surface area contributed by atoms with Crippen LogP contribution in [0.2, 0.25) is 0 Å². The van der Waals surface area contributed by atoms with Gasteiger partial charge < -0.3 is 10.2 Å². The van der Waals surface area contributed by atoms with Crippen LogP contribution in [0.1, 0.15) is 55.6 Å². The highest BCUT2D eigenvalue weighted by molar-refractivity contribution is 5.74. The van der Waals surface area contributed by atoms with Crippen LogP contribution in [0.25, 0.3) is 0 Å². The Morgan fingerprint density at radius 1 is 1.21 bits per heavy atom. The fourth-order valence-corrected chi connectivity index (χ4v) is 3.28. The summed E-state index contributed by atoms with van der Waals surface area (Å²) < 4.78 is 38.8. The van der Waals surface area contributed by atoms with Crippen LogP contribution in [0.5, 0.6) is 0 Å². The van der Waals surface area contributed by atoms with Gasteiger partial charge in [0.2, 0.25) is 0 Å². The van der Waals surface area contributed by atoms with E-state index in [1.165, 1.54) is 0 Å². The Hall–Kier alpha value is -1.73. The number of alkyl halides is 3. The molecule has 136 valence electrons. The monoisotopic (exact) mass is 346 g/mol. The first-order valence-electron chi connectivity index (χ1n) is 8.35. The van der Waals surface area contributed by atoms with Crippen LogP contribution in [0, 0.1) is 13.8 Å². The van der Waals surface area contributed by atoms with Crippen molar-refractivity contribution in [1.29, 1.82) is 0 Å². The topological polar surface area (TPSA) is 50.2 Å². The highest BCUT2D eigenvalue weighted by Gasteiger charge is 2.31. The number of aryl methyl sites for hydroxylation is 1. The maximum absolute atomic E-state index is 12.6. The Morgan fingerprint density at radius 3 is 2.33 bits per heavy atom. The molecule has 8 heteroatoms. The van der Waals surface area contributed by atoms with Gasteiger partial charge >= 0.3 is 12.2 Å². The summed E-state index contributed by atoms with van der Waals surface area (Å²) in [6, 6.07) is -0.547. The number of urea groups is 1. The Balaban J connectivity index is 2.09. The standard InChI is InChI=1S/C16H25F3N4O/c1-11(20-15(24)22-8-6-4-5-7-9-22)14-12(2)21-23(13(14)3)10-16(17,18)19/h11H,4-10H2,1-3H3,(H,20,24)/t11-/m1/s1. The molecule has 0 bridgehead atoms. The maximum atomic E-state index is 12.6. The molecule has 1 aromatic rings. The summed E-state index contributed by atoms with van der Waals surface area (Å²) >= 11 is 0. The van der Waals surface area contributed by atoms with E-state index in [1.54, 1.807) is 25.7 Å². The molecule has 1 aliphatic rings. The second-order valence-corrected chi connectivity index (χ2v) is 6.43. The molecule has 1 N–H and O–H groups in total. The molecule has 0 unspecified atom stereocenters. The van der Waals surface area contributed by atoms with E-state index in [0.717, 1.165) is 43.5 Å². The molecule has 2 heterocycles. The molecule has 2 rings (SSSR count). The smallest absolute Gasteiger partial charge is 0.331 e. The van der Waals surface area contributed by atoms with Gasteiger partial charge in [-0.2, -0.15) is 18.3 Å². The van der Waals surface area contributed by atoms with E-state index in [0.29, 0.717) is 17.0 Å². The van der Waals surface area contributed by atoms with Crippen LogP contribution in [-0.4, -0.2) is 40.0 Å². The summed E-state index contributed by atoms with van der Waals surface area (Å²) in [5, 5.41) is 6.89. The molecule has 1 saturated heterocycles. The van der Waals surface area contributed by atoms with Crippen LogP contribution in [0.15, 0.2) is 0 Å². The average molecular weight is 346 g/mol. The molecule has 0 aliphatic carbocycles. The predicted molar refractivity (Wildman–Crippen MR) is 84.7 cm³/mol. The second-order valence-electron chi connectivity index (χ2n) is 6.43. The van der Waals surface area contributed by atoms with Crippen LogP contribution in [0.3, 0.4) is 0 Å². The zero-order valence-electron chi connectivity index (χ0n) is 14.4. The number of carbonyl (C=O) groups is 1. The fourth-order valence-electron chi connectivity index (χ4n) is 3.28. The van der Waals surface area contributed by atoms with Crippen LogP contribution < -0.4 is 5.32 Å². The number of carbonyl (C=O) groups excluding carboxylic acids is 1. The van der Waals surface area contributed by atoms with Gasteiger partial charge in [0.15, 0.2) is 0 Å². The molecular weight excluding hydrogens is 321 g/mol. The van der Waals surface area contributed by atoms with Gasteiger partial charge in [0.25, 0.3) is 0 Å². The Kier molecular flexibility index (Phi) is 5.77. The van der Waals surface area contributed by atoms with Gasteiger partial charge in [0, 0.05) is 24.3 Å². The number of halogens is 3. The van der Waals surface area contributed by atoms with Crippen molar-refractivity contribution in [2.45, 2.75) is 65.2 Å². The summed E-state index contributed by atoms with van der Waals surface area (Å²) in [6.07, 6.45) is -0.0880. The maximum Gasteiger partial charge on any atom is 0.408 e. The normalized spacial score (nSPS) is 17.5. The third kappa shape index (κ3) is 4.64. The van der Waals surface area contributed by atoms with E-state index in [4.69, 9.17) is 0 Å². The molecule has 5 nitrogen and oxygen atoms in total. The minimum Gasteiger partial charge on any atom is -0.331 e. The molecule has 1 aliphatic heterocycles. The van der Waals surface area contributed by atoms with Gasteiger partial charge in [0.05, 0.1) is 11.7 Å². The molecule has 2 amide bonds. The average Bonchev–Trinajstić information content (AvgIpc) is 2.68. The molecule has 24 heavy (non-hydrogen) atoms. The van der Waals surface area contributed by atoms with Crippen molar-refractivity contribution in [3.05, 3.63) is 17.0 Å². The van der Waals surface area contributed by atoms with Crippen molar-refractivity contribution in [2.24, 2.45) is 0 Å². The SMILES string of the molecule is Cc1nn(CC(F)(F)F)c(C)c1[C@@H](C)NC(=O)N1CCCCCC1. The summed E-state index contributed by atoms with van der Waals surface area (Å²) in [5.74, 6) is 0. The molecule has 0 aromatic carbocycles. The summed E-state index contributed by atoms with van der Waals surface area (Å²) in [6.45, 7) is 5.39. The van der Waals surface area contributed by atoms with E-state index < -0.39 is 12.7 Å². The first-order valence-corrected chi connectivity index (χ1v) is 8.35. The lowest BCUT2D eigenvalue weighted by molar-refractivity contribution is -0.143. The van der Waals surface area contributed by atoms with Gasteiger partial charge in [-0.3, -0.25) is 4.68 Å². The molecule has 1 atom stereocenters. The van der Waals surface area contributed by atoms with E-state index in [1.807, 2.05) is 0 Å². The number of likely N-dealkylation sites (tertiary alicyclic amines) is 1. The highest BCUT2D eigenvalue weighted by Crippen LogP contribution is 2.25. The van der Waals surface area contributed by atoms with Gasteiger partial charge in [-0.05, 0) is 33.6 Å². The van der Waals surface area contributed by atoms with Gasteiger partial charge in [-0.15, -0.1) is 0 Å². The molecular formula is C16H25F3N4O. The first-order chi connectivity index (χ1) is 11.2. The van der Waals surface area contributed by atoms with Crippen molar-refractivity contribution < 1.29 is 18.0 Å². The summed E-state index contributed by atoms with van der Waals surface area (Å²) in [7, 11) is 0. The molecule has 1 aromatic heterocycles. The molecule has 0 radical (unpaired) electrons. The number of hydrogen-bond donors (Lipinski definition) is 1. The zero-order chi connectivity index (χ0) is 17.9. The fraction of sp³-hybridized carbons (Fsp3) is 0.750. The number of nitrogens with zero attached hydrogens (tertiary/aromatic N) is 3. The number of hydrogen-bond acceptors (Lipinski definition) is 2. The van der Waals surface area contributed by atoms with Crippen LogP contribution >= 0.6 is 0 Å². The molecule has 0 spiro atoms. The Bertz CT molecular complexity index is 575. The first kappa shape index (κ1) is 18.6.